The fourth-order valence-electron chi connectivity index (χ4n) is 3.55. The van der Waals surface area contributed by atoms with Crippen molar-refractivity contribution < 1.29 is 4.74 Å². The second-order valence-electron chi connectivity index (χ2n) is 6.78. The molecule has 3 nitrogen and oxygen atoms in total. The van der Waals surface area contributed by atoms with Crippen LogP contribution in [0.25, 0.3) is 0 Å². The quantitative estimate of drug-likeness (QED) is 0.829. The molecule has 4 atom stereocenters. The van der Waals surface area contributed by atoms with Crippen LogP contribution in [-0.2, 0) is 4.74 Å². The van der Waals surface area contributed by atoms with Gasteiger partial charge in [-0.25, -0.2) is 0 Å². The van der Waals surface area contributed by atoms with Gasteiger partial charge in [-0.05, 0) is 32.2 Å². The van der Waals surface area contributed by atoms with E-state index in [9.17, 15) is 0 Å². The molecular weight excluding hydrogens is 236 g/mol. The first-order valence-corrected chi connectivity index (χ1v) is 8.20. The molecule has 0 aromatic carbocycles. The van der Waals surface area contributed by atoms with Crippen LogP contribution in [0.1, 0.15) is 53.4 Å². The second-order valence-corrected chi connectivity index (χ2v) is 6.78. The highest BCUT2D eigenvalue weighted by atomic mass is 16.5. The Kier molecular flexibility index (Phi) is 5.67. The predicted molar refractivity (Wildman–Crippen MR) is 80.5 cm³/mol. The van der Waals surface area contributed by atoms with E-state index in [0.717, 1.165) is 19.7 Å². The highest BCUT2D eigenvalue weighted by Gasteiger charge is 2.37. The van der Waals surface area contributed by atoms with E-state index in [2.05, 4.69) is 37.9 Å². The van der Waals surface area contributed by atoms with Crippen molar-refractivity contribution in [3.05, 3.63) is 0 Å². The Morgan fingerprint density at radius 3 is 2.63 bits per heavy atom. The SMILES string of the molecule is CC(C)NCC(C)C(C)N1CCOC2CCCCC21. The van der Waals surface area contributed by atoms with Crippen molar-refractivity contribution in [2.75, 3.05) is 19.7 Å². The summed E-state index contributed by atoms with van der Waals surface area (Å²) in [5.74, 6) is 0.697. The van der Waals surface area contributed by atoms with E-state index >= 15 is 0 Å². The lowest BCUT2D eigenvalue weighted by molar-refractivity contribution is -0.106. The molecule has 1 saturated carbocycles. The normalized spacial score (nSPS) is 32.1. The molecule has 3 heteroatoms. The van der Waals surface area contributed by atoms with Crippen LogP contribution >= 0.6 is 0 Å². The highest BCUT2D eigenvalue weighted by molar-refractivity contribution is 4.91. The zero-order chi connectivity index (χ0) is 13.8. The van der Waals surface area contributed by atoms with Crippen LogP contribution in [0.5, 0.6) is 0 Å². The Balaban J connectivity index is 1.90. The number of rotatable bonds is 5. The van der Waals surface area contributed by atoms with Crippen LogP contribution in [0, 0.1) is 5.92 Å². The lowest BCUT2D eigenvalue weighted by Gasteiger charge is -2.48. The molecule has 0 aromatic rings. The third-order valence-corrected chi connectivity index (χ3v) is 4.97. The van der Waals surface area contributed by atoms with Gasteiger partial charge in [0, 0.05) is 24.7 Å². The Hall–Kier alpha value is -0.120. The summed E-state index contributed by atoms with van der Waals surface area (Å²) in [6.07, 6.45) is 5.85. The monoisotopic (exact) mass is 268 g/mol. The zero-order valence-electron chi connectivity index (χ0n) is 13.2. The predicted octanol–water partition coefficient (Wildman–Crippen LogP) is 2.65. The van der Waals surface area contributed by atoms with Gasteiger partial charge in [0.2, 0.25) is 0 Å². The molecule has 2 fully saturated rings. The fourth-order valence-corrected chi connectivity index (χ4v) is 3.55. The molecule has 2 aliphatic rings. The van der Waals surface area contributed by atoms with Crippen LogP contribution in [0.3, 0.4) is 0 Å². The molecule has 1 N–H and O–H groups in total. The minimum atomic E-state index is 0.509. The number of fused-ring (bicyclic) bond motifs is 1. The van der Waals surface area contributed by atoms with Gasteiger partial charge in [-0.3, -0.25) is 4.90 Å². The molecular formula is C16H32N2O. The molecule has 1 aliphatic carbocycles. The van der Waals surface area contributed by atoms with E-state index < -0.39 is 0 Å². The third-order valence-electron chi connectivity index (χ3n) is 4.97. The highest BCUT2D eigenvalue weighted by Crippen LogP contribution is 2.31. The van der Waals surface area contributed by atoms with Crippen molar-refractivity contribution in [3.8, 4) is 0 Å². The van der Waals surface area contributed by atoms with E-state index in [0.29, 0.717) is 30.1 Å². The number of ether oxygens (including phenoxy) is 1. The molecule has 1 heterocycles. The third kappa shape index (κ3) is 3.93. The van der Waals surface area contributed by atoms with Crippen LogP contribution in [0.4, 0.5) is 0 Å². The minimum Gasteiger partial charge on any atom is -0.375 e. The molecule has 0 amide bonds. The average molecular weight is 268 g/mol. The van der Waals surface area contributed by atoms with Gasteiger partial charge in [-0.1, -0.05) is 33.6 Å². The first-order chi connectivity index (χ1) is 9.09. The molecule has 2 rings (SSSR count). The maximum absolute atomic E-state index is 5.98. The van der Waals surface area contributed by atoms with Crippen LogP contribution in [-0.4, -0.2) is 48.8 Å². The molecule has 19 heavy (non-hydrogen) atoms. The Morgan fingerprint density at radius 1 is 1.16 bits per heavy atom. The van der Waals surface area contributed by atoms with Crippen LogP contribution in [0.2, 0.25) is 0 Å². The maximum Gasteiger partial charge on any atom is 0.0731 e. The molecule has 0 bridgehead atoms. The number of morpholine rings is 1. The van der Waals surface area contributed by atoms with Crippen molar-refractivity contribution in [1.82, 2.24) is 10.2 Å². The summed E-state index contributed by atoms with van der Waals surface area (Å²) in [5, 5.41) is 3.58. The smallest absolute Gasteiger partial charge is 0.0731 e. The Bertz CT molecular complexity index is 267. The van der Waals surface area contributed by atoms with Gasteiger partial charge in [0.25, 0.3) is 0 Å². The summed E-state index contributed by atoms with van der Waals surface area (Å²) < 4.78 is 5.98. The number of hydrogen-bond acceptors (Lipinski definition) is 3. The van der Waals surface area contributed by atoms with Crippen molar-refractivity contribution in [3.63, 3.8) is 0 Å². The minimum absolute atomic E-state index is 0.509. The summed E-state index contributed by atoms with van der Waals surface area (Å²) in [4.78, 5) is 2.74. The topological polar surface area (TPSA) is 24.5 Å². The molecule has 1 aliphatic heterocycles. The first-order valence-electron chi connectivity index (χ1n) is 8.20. The molecule has 0 spiro atoms. The lowest BCUT2D eigenvalue weighted by Crippen LogP contribution is -2.57. The van der Waals surface area contributed by atoms with E-state index in [1.165, 1.54) is 25.7 Å². The molecule has 4 unspecified atom stereocenters. The van der Waals surface area contributed by atoms with Crippen LogP contribution in [0.15, 0.2) is 0 Å². The second kappa shape index (κ2) is 7.05. The molecule has 112 valence electrons. The van der Waals surface area contributed by atoms with E-state index in [4.69, 9.17) is 4.74 Å². The average Bonchev–Trinajstić information content (AvgIpc) is 2.43. The molecule has 1 saturated heterocycles. The summed E-state index contributed by atoms with van der Waals surface area (Å²) in [5.41, 5.74) is 0. The summed E-state index contributed by atoms with van der Waals surface area (Å²) in [7, 11) is 0. The van der Waals surface area contributed by atoms with Crippen LogP contribution < -0.4 is 5.32 Å². The van der Waals surface area contributed by atoms with Gasteiger partial charge in [-0.2, -0.15) is 0 Å². The standard InChI is InChI=1S/C16H32N2O/c1-12(2)17-11-13(3)14(4)18-9-10-19-16-8-6-5-7-15(16)18/h12-17H,5-11H2,1-4H3. The maximum atomic E-state index is 5.98. The van der Waals surface area contributed by atoms with E-state index in [1.54, 1.807) is 0 Å². The van der Waals surface area contributed by atoms with Crippen molar-refractivity contribution in [2.45, 2.75) is 77.6 Å². The summed E-state index contributed by atoms with van der Waals surface area (Å²) in [6.45, 7) is 12.4. The lowest BCUT2D eigenvalue weighted by atomic mass is 9.87. The number of hydrogen-bond donors (Lipinski definition) is 1. The van der Waals surface area contributed by atoms with Crippen molar-refractivity contribution in [2.24, 2.45) is 5.92 Å². The van der Waals surface area contributed by atoms with Gasteiger partial charge in [0.1, 0.15) is 0 Å². The summed E-state index contributed by atoms with van der Waals surface area (Å²) >= 11 is 0. The van der Waals surface area contributed by atoms with Gasteiger partial charge < -0.3 is 10.1 Å². The van der Waals surface area contributed by atoms with Gasteiger partial charge >= 0.3 is 0 Å². The number of nitrogens with one attached hydrogen (secondary N) is 1. The Labute approximate surface area is 119 Å². The zero-order valence-corrected chi connectivity index (χ0v) is 13.2. The van der Waals surface area contributed by atoms with E-state index in [1.807, 2.05) is 0 Å². The van der Waals surface area contributed by atoms with Gasteiger partial charge in [0.15, 0.2) is 0 Å². The van der Waals surface area contributed by atoms with Gasteiger partial charge in [0.05, 0.1) is 12.7 Å². The van der Waals surface area contributed by atoms with E-state index in [-0.39, 0.29) is 0 Å². The Morgan fingerprint density at radius 2 is 1.89 bits per heavy atom. The number of nitrogens with zero attached hydrogens (tertiary/aromatic N) is 1. The van der Waals surface area contributed by atoms with Crippen molar-refractivity contribution >= 4 is 0 Å². The molecule has 0 radical (unpaired) electrons. The van der Waals surface area contributed by atoms with Gasteiger partial charge in [-0.15, -0.1) is 0 Å². The summed E-state index contributed by atoms with van der Waals surface area (Å²) in [6, 6.07) is 1.92. The fraction of sp³-hybridized carbons (Fsp3) is 1.00. The largest absolute Gasteiger partial charge is 0.375 e. The van der Waals surface area contributed by atoms with Crippen molar-refractivity contribution in [1.29, 1.82) is 0 Å². The molecule has 0 aromatic heterocycles. The first kappa shape index (κ1) is 15.3.